The van der Waals surface area contributed by atoms with Crippen molar-refractivity contribution in [2.75, 3.05) is 13.2 Å². The summed E-state index contributed by atoms with van der Waals surface area (Å²) < 4.78 is 31.0. The molecule has 0 aliphatic heterocycles. The summed E-state index contributed by atoms with van der Waals surface area (Å²) in [6, 6.07) is 0. The van der Waals surface area contributed by atoms with Gasteiger partial charge in [0.1, 0.15) is 25.4 Å². The average Bonchev–Trinajstić information content (AvgIpc) is 2.40. The van der Waals surface area contributed by atoms with Gasteiger partial charge in [0.2, 0.25) is 0 Å². The van der Waals surface area contributed by atoms with Crippen LogP contribution in [0.2, 0.25) is 0 Å². The summed E-state index contributed by atoms with van der Waals surface area (Å²) in [5, 5.41) is 0. The molecule has 0 aromatic rings. The Balaban J connectivity index is 4.28. The maximum Gasteiger partial charge on any atom is 0.472 e. The molecule has 0 aromatic carbocycles. The second-order valence-corrected chi connectivity index (χ2v) is 6.42. The first-order valence-electron chi connectivity index (χ1n) is 6.79. The molecule has 0 heterocycles. The van der Waals surface area contributed by atoms with E-state index in [-0.39, 0.29) is 24.4 Å². The molecule has 0 aromatic heterocycles. The van der Waals surface area contributed by atoms with Crippen LogP contribution in [0.3, 0.4) is 0 Å². The van der Waals surface area contributed by atoms with Crippen molar-refractivity contribution in [2.45, 2.75) is 39.9 Å². The predicted molar refractivity (Wildman–Crippen MR) is 82.5 cm³/mol. The second-order valence-electron chi connectivity index (χ2n) is 5.06. The lowest BCUT2D eigenvalue weighted by Gasteiger charge is -2.20. The molecule has 0 spiro atoms. The molecule has 2 unspecified atom stereocenters. The van der Waals surface area contributed by atoms with Gasteiger partial charge in [-0.15, -0.1) is 0 Å². The van der Waals surface area contributed by atoms with E-state index in [1.807, 2.05) is 0 Å². The zero-order valence-electron chi connectivity index (χ0n) is 13.7. The van der Waals surface area contributed by atoms with Crippen molar-refractivity contribution in [2.24, 2.45) is 0 Å². The van der Waals surface area contributed by atoms with Gasteiger partial charge in [0.25, 0.3) is 0 Å². The first-order valence-corrected chi connectivity index (χ1v) is 8.29. The fourth-order valence-corrected chi connectivity index (χ4v) is 2.25. The normalized spacial score (nSPS) is 15.9. The van der Waals surface area contributed by atoms with E-state index >= 15 is 0 Å². The third-order valence-electron chi connectivity index (χ3n) is 2.22. The Kier molecular flexibility index (Phi) is 9.01. The topological polar surface area (TPSA) is 108 Å². The van der Waals surface area contributed by atoms with Crippen LogP contribution in [0.1, 0.15) is 27.7 Å². The number of rotatable bonds is 10. The Morgan fingerprint density at radius 1 is 0.957 bits per heavy atom. The fourth-order valence-electron chi connectivity index (χ4n) is 1.17. The standard InChI is InChI=1S/C14H23O8P/c1-9(2)13(15)19-7-11(5)21-23(17,18)22-12(6)8-20-14(16)10(3)4/h11-12H,1,3,7-8H2,2,4-6H3,(H,17,18). The van der Waals surface area contributed by atoms with Crippen LogP contribution in [0.4, 0.5) is 0 Å². The quantitative estimate of drug-likeness (QED) is 0.363. The molecule has 0 aliphatic carbocycles. The third-order valence-corrected chi connectivity index (χ3v) is 3.47. The Bertz CT molecular complexity index is 471. The van der Waals surface area contributed by atoms with Gasteiger partial charge in [-0.1, -0.05) is 13.2 Å². The monoisotopic (exact) mass is 350 g/mol. The summed E-state index contributed by atoms with van der Waals surface area (Å²) in [5.41, 5.74) is 0.405. The maximum atomic E-state index is 11.8. The van der Waals surface area contributed by atoms with E-state index < -0.39 is 32.0 Å². The van der Waals surface area contributed by atoms with Gasteiger partial charge in [0.05, 0.1) is 0 Å². The van der Waals surface area contributed by atoms with Gasteiger partial charge < -0.3 is 14.4 Å². The highest BCUT2D eigenvalue weighted by molar-refractivity contribution is 7.47. The Hall–Kier alpha value is -1.47. The molecule has 0 bridgehead atoms. The van der Waals surface area contributed by atoms with Crippen molar-refractivity contribution in [3.8, 4) is 0 Å². The molecule has 8 nitrogen and oxygen atoms in total. The number of ether oxygens (including phenoxy) is 2. The van der Waals surface area contributed by atoms with Crippen LogP contribution in [-0.2, 0) is 32.7 Å². The third kappa shape index (κ3) is 10.0. The summed E-state index contributed by atoms with van der Waals surface area (Å²) in [6.07, 6.45) is -1.75. The highest BCUT2D eigenvalue weighted by atomic mass is 31.2. The van der Waals surface area contributed by atoms with Crippen LogP contribution < -0.4 is 0 Å². The van der Waals surface area contributed by atoms with Gasteiger partial charge in [-0.2, -0.15) is 0 Å². The van der Waals surface area contributed by atoms with Gasteiger partial charge in [-0.3, -0.25) is 9.05 Å². The smallest absolute Gasteiger partial charge is 0.460 e. The second kappa shape index (κ2) is 9.62. The van der Waals surface area contributed by atoms with Crippen molar-refractivity contribution in [3.63, 3.8) is 0 Å². The summed E-state index contributed by atoms with van der Waals surface area (Å²) in [5.74, 6) is -1.26. The van der Waals surface area contributed by atoms with E-state index in [1.165, 1.54) is 27.7 Å². The zero-order valence-corrected chi connectivity index (χ0v) is 14.6. The molecule has 23 heavy (non-hydrogen) atoms. The molecule has 0 saturated heterocycles. The summed E-state index contributed by atoms with van der Waals surface area (Å²) in [7, 11) is -4.40. The Labute approximate surface area is 135 Å². The summed E-state index contributed by atoms with van der Waals surface area (Å²) >= 11 is 0. The summed E-state index contributed by atoms with van der Waals surface area (Å²) in [6.45, 7) is 12.1. The van der Waals surface area contributed by atoms with Gasteiger partial charge in [0.15, 0.2) is 0 Å². The lowest BCUT2D eigenvalue weighted by Crippen LogP contribution is -2.22. The average molecular weight is 350 g/mol. The van der Waals surface area contributed by atoms with Crippen molar-refractivity contribution >= 4 is 19.8 Å². The van der Waals surface area contributed by atoms with Gasteiger partial charge >= 0.3 is 19.8 Å². The van der Waals surface area contributed by atoms with Crippen molar-refractivity contribution in [1.29, 1.82) is 0 Å². The van der Waals surface area contributed by atoms with Crippen LogP contribution in [0, 0.1) is 0 Å². The highest BCUT2D eigenvalue weighted by Crippen LogP contribution is 2.45. The maximum absolute atomic E-state index is 11.8. The SMILES string of the molecule is C=C(C)C(=O)OCC(C)OP(=O)(O)OC(C)COC(=O)C(=C)C. The molecular formula is C14H23O8P. The van der Waals surface area contributed by atoms with E-state index in [9.17, 15) is 19.0 Å². The Morgan fingerprint density at radius 3 is 1.52 bits per heavy atom. The largest absolute Gasteiger partial charge is 0.472 e. The summed E-state index contributed by atoms with van der Waals surface area (Å²) in [4.78, 5) is 32.0. The van der Waals surface area contributed by atoms with Crippen LogP contribution >= 0.6 is 7.82 Å². The number of phosphoric acid groups is 1. The highest BCUT2D eigenvalue weighted by Gasteiger charge is 2.28. The van der Waals surface area contributed by atoms with Crippen molar-refractivity contribution in [1.82, 2.24) is 0 Å². The number of carbonyl (C=O) groups is 2. The number of hydrogen-bond acceptors (Lipinski definition) is 7. The first-order chi connectivity index (χ1) is 10.4. The van der Waals surface area contributed by atoms with E-state index in [0.29, 0.717) is 0 Å². The number of esters is 2. The molecule has 0 aliphatic rings. The molecule has 1 N–H and O–H groups in total. The fraction of sp³-hybridized carbons (Fsp3) is 0.571. The van der Waals surface area contributed by atoms with E-state index in [1.54, 1.807) is 0 Å². The molecule has 0 fully saturated rings. The number of hydrogen-bond donors (Lipinski definition) is 1. The predicted octanol–water partition coefficient (Wildman–Crippen LogP) is 2.14. The van der Waals surface area contributed by atoms with Crippen molar-refractivity contribution in [3.05, 3.63) is 24.3 Å². The lowest BCUT2D eigenvalue weighted by atomic mass is 10.3. The molecule has 132 valence electrons. The lowest BCUT2D eigenvalue weighted by molar-refractivity contribution is -0.141. The van der Waals surface area contributed by atoms with Crippen molar-refractivity contribution < 1.29 is 37.6 Å². The number of phosphoric ester groups is 1. The van der Waals surface area contributed by atoms with E-state index in [0.717, 1.165) is 0 Å². The first kappa shape index (κ1) is 21.5. The minimum Gasteiger partial charge on any atom is -0.460 e. The molecule has 0 amide bonds. The molecule has 0 saturated carbocycles. The Morgan fingerprint density at radius 2 is 1.26 bits per heavy atom. The van der Waals surface area contributed by atoms with Gasteiger partial charge in [0, 0.05) is 11.1 Å². The molecule has 9 heteroatoms. The van der Waals surface area contributed by atoms with Gasteiger partial charge in [-0.05, 0) is 27.7 Å². The number of carbonyl (C=O) groups excluding carboxylic acids is 2. The minimum atomic E-state index is -4.40. The van der Waals surface area contributed by atoms with Crippen LogP contribution in [0.5, 0.6) is 0 Å². The van der Waals surface area contributed by atoms with Crippen LogP contribution in [0.15, 0.2) is 24.3 Å². The van der Waals surface area contributed by atoms with Gasteiger partial charge in [-0.25, -0.2) is 14.2 Å². The molecule has 0 radical (unpaired) electrons. The van der Waals surface area contributed by atoms with E-state index in [2.05, 4.69) is 13.2 Å². The molecular weight excluding hydrogens is 327 g/mol. The van der Waals surface area contributed by atoms with Crippen LogP contribution in [0.25, 0.3) is 0 Å². The molecule has 2 atom stereocenters. The molecule has 0 rings (SSSR count). The minimum absolute atomic E-state index is 0.202. The van der Waals surface area contributed by atoms with Crippen LogP contribution in [-0.4, -0.2) is 42.3 Å². The van der Waals surface area contributed by atoms with E-state index in [4.69, 9.17) is 18.5 Å². The zero-order chi connectivity index (χ0) is 18.2.